The van der Waals surface area contributed by atoms with Crippen molar-refractivity contribution in [3.8, 4) is 5.75 Å². The van der Waals surface area contributed by atoms with Crippen LogP contribution in [0.1, 0.15) is 30.1 Å². The number of piperidine rings is 1. The number of benzene rings is 2. The van der Waals surface area contributed by atoms with E-state index in [-0.39, 0.29) is 28.2 Å². The van der Waals surface area contributed by atoms with E-state index in [1.54, 1.807) is 41.3 Å². The van der Waals surface area contributed by atoms with Crippen molar-refractivity contribution in [3.05, 3.63) is 54.1 Å². The van der Waals surface area contributed by atoms with Gasteiger partial charge in [0.2, 0.25) is 5.91 Å². The first-order chi connectivity index (χ1) is 14.8. The lowest BCUT2D eigenvalue weighted by Gasteiger charge is -2.32. The van der Waals surface area contributed by atoms with Crippen LogP contribution in [-0.4, -0.2) is 51.9 Å². The lowest BCUT2D eigenvalue weighted by Crippen LogP contribution is -2.45. The normalized spacial score (nSPS) is 16.5. The largest absolute Gasteiger partial charge is 0.497 e. The summed E-state index contributed by atoms with van der Waals surface area (Å²) >= 11 is 0. The maximum Gasteiger partial charge on any atom is 0.261 e. The second kappa shape index (κ2) is 9.82. The third-order valence-corrected chi connectivity index (χ3v) is 6.54. The Labute approximate surface area is 182 Å². The molecule has 9 heteroatoms. The van der Waals surface area contributed by atoms with Crippen molar-refractivity contribution < 1.29 is 22.7 Å². The molecule has 31 heavy (non-hydrogen) atoms. The number of anilines is 1. The average molecular weight is 446 g/mol. The van der Waals surface area contributed by atoms with Crippen LogP contribution in [0.5, 0.6) is 5.75 Å². The molecule has 0 aliphatic carbocycles. The number of rotatable bonds is 7. The fourth-order valence-electron chi connectivity index (χ4n) is 3.55. The van der Waals surface area contributed by atoms with Crippen LogP contribution in [0.3, 0.4) is 0 Å². The van der Waals surface area contributed by atoms with Gasteiger partial charge >= 0.3 is 0 Å². The summed E-state index contributed by atoms with van der Waals surface area (Å²) in [5.74, 6) is 0.0276. The zero-order valence-corrected chi connectivity index (χ0v) is 18.4. The van der Waals surface area contributed by atoms with Crippen molar-refractivity contribution in [1.29, 1.82) is 0 Å². The van der Waals surface area contributed by atoms with Gasteiger partial charge in [-0.2, -0.15) is 0 Å². The Morgan fingerprint density at radius 1 is 1.16 bits per heavy atom. The summed E-state index contributed by atoms with van der Waals surface area (Å²) < 4.78 is 33.2. The van der Waals surface area contributed by atoms with Crippen LogP contribution < -0.4 is 14.8 Å². The fraction of sp³-hybridized carbons (Fsp3) is 0.364. The van der Waals surface area contributed by atoms with Gasteiger partial charge in [0, 0.05) is 30.9 Å². The number of methoxy groups -OCH3 is 1. The highest BCUT2D eigenvalue weighted by atomic mass is 32.2. The minimum absolute atomic E-state index is 0.00791. The van der Waals surface area contributed by atoms with Crippen LogP contribution in [0, 0.1) is 5.92 Å². The zero-order valence-electron chi connectivity index (χ0n) is 17.6. The molecule has 166 valence electrons. The summed E-state index contributed by atoms with van der Waals surface area (Å²) in [6, 6.07) is 12.4. The number of sulfonamides is 1. The van der Waals surface area contributed by atoms with Gasteiger partial charge in [-0.15, -0.1) is 0 Å². The Morgan fingerprint density at radius 3 is 2.58 bits per heavy atom. The van der Waals surface area contributed by atoms with E-state index in [9.17, 15) is 18.0 Å². The third kappa shape index (κ3) is 5.55. The number of nitrogens with one attached hydrogen (secondary N) is 2. The summed E-state index contributed by atoms with van der Waals surface area (Å²) in [6.45, 7) is 3.27. The topological polar surface area (TPSA) is 105 Å². The van der Waals surface area contributed by atoms with Gasteiger partial charge in [-0.1, -0.05) is 6.07 Å². The molecule has 1 unspecified atom stereocenters. The van der Waals surface area contributed by atoms with Crippen LogP contribution >= 0.6 is 0 Å². The average Bonchev–Trinajstić information content (AvgIpc) is 2.79. The minimum Gasteiger partial charge on any atom is -0.497 e. The van der Waals surface area contributed by atoms with Gasteiger partial charge in [-0.3, -0.25) is 14.3 Å². The van der Waals surface area contributed by atoms with Crippen molar-refractivity contribution in [1.82, 2.24) is 10.2 Å². The number of amides is 2. The summed E-state index contributed by atoms with van der Waals surface area (Å²) in [7, 11) is -2.35. The van der Waals surface area contributed by atoms with Crippen LogP contribution in [0.4, 0.5) is 5.69 Å². The van der Waals surface area contributed by atoms with Crippen LogP contribution in [0.25, 0.3) is 0 Å². The summed E-state index contributed by atoms with van der Waals surface area (Å²) in [5, 5.41) is 2.80. The van der Waals surface area contributed by atoms with Crippen LogP contribution in [0.2, 0.25) is 0 Å². The van der Waals surface area contributed by atoms with Crippen molar-refractivity contribution in [2.75, 3.05) is 31.5 Å². The monoisotopic (exact) mass is 445 g/mol. The molecular weight excluding hydrogens is 418 g/mol. The van der Waals surface area contributed by atoms with Crippen LogP contribution in [0.15, 0.2) is 53.4 Å². The number of ether oxygens (including phenoxy) is 1. The highest BCUT2D eigenvalue weighted by Crippen LogP contribution is 2.22. The maximum absolute atomic E-state index is 13.0. The predicted octanol–water partition coefficient (Wildman–Crippen LogP) is 2.48. The standard InChI is InChI=1S/C22H27N3O5S/c1-3-23-21(26)17-7-5-13-25(15-17)22(27)16-6-4-8-20(14-16)31(28,29)24-18-9-11-19(30-2)12-10-18/h4,6,8-12,14,17,24H,3,5,7,13,15H2,1-2H3,(H,23,26). The zero-order chi connectivity index (χ0) is 22.4. The molecule has 0 saturated carbocycles. The first-order valence-electron chi connectivity index (χ1n) is 10.2. The molecule has 0 bridgehead atoms. The van der Waals surface area contributed by atoms with Crippen molar-refractivity contribution in [2.24, 2.45) is 5.92 Å². The van der Waals surface area contributed by atoms with E-state index in [0.717, 1.165) is 12.8 Å². The van der Waals surface area contributed by atoms with E-state index in [2.05, 4.69) is 10.0 Å². The fourth-order valence-corrected chi connectivity index (χ4v) is 4.65. The van der Waals surface area contributed by atoms with Crippen LogP contribution in [-0.2, 0) is 14.8 Å². The number of carbonyl (C=O) groups excluding carboxylic acids is 2. The molecule has 1 aliphatic rings. The first kappa shape index (κ1) is 22.6. The van der Waals surface area contributed by atoms with E-state index >= 15 is 0 Å². The van der Waals surface area contributed by atoms with Gasteiger partial charge in [0.1, 0.15) is 5.75 Å². The quantitative estimate of drug-likeness (QED) is 0.681. The lowest BCUT2D eigenvalue weighted by atomic mass is 9.96. The summed E-state index contributed by atoms with van der Waals surface area (Å²) in [4.78, 5) is 26.8. The molecule has 3 rings (SSSR count). The van der Waals surface area contributed by atoms with Gasteiger partial charge in [0.15, 0.2) is 0 Å². The SMILES string of the molecule is CCNC(=O)C1CCCN(C(=O)c2cccc(S(=O)(=O)Nc3ccc(OC)cc3)c2)C1. The van der Waals surface area contributed by atoms with Gasteiger partial charge in [-0.25, -0.2) is 8.42 Å². The highest BCUT2D eigenvalue weighted by molar-refractivity contribution is 7.92. The minimum atomic E-state index is -3.88. The first-order valence-corrected chi connectivity index (χ1v) is 11.7. The molecule has 2 aromatic carbocycles. The molecule has 2 amide bonds. The summed E-state index contributed by atoms with van der Waals surface area (Å²) in [5.41, 5.74) is 0.660. The molecule has 1 atom stereocenters. The molecule has 0 radical (unpaired) electrons. The van der Waals surface area contributed by atoms with Crippen molar-refractivity contribution >= 4 is 27.5 Å². The molecule has 2 aromatic rings. The maximum atomic E-state index is 13.0. The van der Waals surface area contributed by atoms with Gasteiger partial charge in [0.25, 0.3) is 15.9 Å². The Balaban J connectivity index is 1.75. The molecule has 1 saturated heterocycles. The Morgan fingerprint density at radius 2 is 1.90 bits per heavy atom. The van der Waals surface area contributed by atoms with E-state index in [1.807, 2.05) is 6.92 Å². The molecule has 1 aliphatic heterocycles. The highest BCUT2D eigenvalue weighted by Gasteiger charge is 2.29. The van der Waals surface area contributed by atoms with Gasteiger partial charge < -0.3 is 15.0 Å². The van der Waals surface area contributed by atoms with E-state index in [4.69, 9.17) is 4.74 Å². The molecule has 0 aromatic heterocycles. The van der Waals surface area contributed by atoms with E-state index in [1.165, 1.54) is 19.2 Å². The number of nitrogens with zero attached hydrogens (tertiary/aromatic N) is 1. The van der Waals surface area contributed by atoms with E-state index in [0.29, 0.717) is 31.1 Å². The molecule has 0 spiro atoms. The molecule has 1 heterocycles. The Kier molecular flexibility index (Phi) is 7.17. The molecular formula is C22H27N3O5S. The Hall–Kier alpha value is -3.07. The van der Waals surface area contributed by atoms with Crippen molar-refractivity contribution in [3.63, 3.8) is 0 Å². The summed E-state index contributed by atoms with van der Waals surface area (Å²) in [6.07, 6.45) is 1.46. The van der Waals surface area contributed by atoms with Gasteiger partial charge in [-0.05, 0) is 62.2 Å². The number of hydrogen-bond acceptors (Lipinski definition) is 5. The lowest BCUT2D eigenvalue weighted by molar-refractivity contribution is -0.126. The second-order valence-electron chi connectivity index (χ2n) is 7.35. The molecule has 1 fully saturated rings. The number of hydrogen-bond donors (Lipinski definition) is 2. The smallest absolute Gasteiger partial charge is 0.261 e. The molecule has 2 N–H and O–H groups in total. The second-order valence-corrected chi connectivity index (χ2v) is 9.03. The van der Waals surface area contributed by atoms with Crippen molar-refractivity contribution in [2.45, 2.75) is 24.7 Å². The number of likely N-dealkylation sites (tertiary alicyclic amines) is 1. The third-order valence-electron chi connectivity index (χ3n) is 5.16. The van der Waals surface area contributed by atoms with E-state index < -0.39 is 10.0 Å². The van der Waals surface area contributed by atoms with Gasteiger partial charge in [0.05, 0.1) is 17.9 Å². The number of carbonyl (C=O) groups is 2. The molecule has 8 nitrogen and oxygen atoms in total. The predicted molar refractivity (Wildman–Crippen MR) is 118 cm³/mol. The Bertz CT molecular complexity index is 1040.